The predicted octanol–water partition coefficient (Wildman–Crippen LogP) is 2.43. The zero-order chi connectivity index (χ0) is 20.6. The summed E-state index contributed by atoms with van der Waals surface area (Å²) >= 11 is 0. The molecule has 1 aliphatic heterocycles. The molecule has 2 aliphatic rings. The summed E-state index contributed by atoms with van der Waals surface area (Å²) in [7, 11) is 1.63. The van der Waals surface area contributed by atoms with E-state index in [1.165, 1.54) is 6.07 Å². The molecule has 0 bridgehead atoms. The van der Waals surface area contributed by atoms with E-state index in [0.29, 0.717) is 31.1 Å². The number of carbonyl (C=O) groups is 1. The molecule has 2 atom stereocenters. The van der Waals surface area contributed by atoms with E-state index in [-0.39, 0.29) is 18.0 Å². The molecule has 2 fully saturated rings. The van der Waals surface area contributed by atoms with Crippen molar-refractivity contribution in [3.05, 3.63) is 53.6 Å². The van der Waals surface area contributed by atoms with E-state index in [1.54, 1.807) is 7.11 Å². The number of likely N-dealkylation sites (tertiary alicyclic amines) is 1. The van der Waals surface area contributed by atoms with E-state index in [1.807, 2.05) is 24.3 Å². The van der Waals surface area contributed by atoms with Gasteiger partial charge in [0.2, 0.25) is 0 Å². The molecule has 1 aliphatic carbocycles. The molecule has 0 spiro atoms. The van der Waals surface area contributed by atoms with Gasteiger partial charge in [-0.15, -0.1) is 0 Å². The maximum Gasteiger partial charge on any atom is 0.255 e. The van der Waals surface area contributed by atoms with Gasteiger partial charge in [-0.3, -0.25) is 9.69 Å². The number of fused-ring (bicyclic) bond motifs is 1. The number of rotatable bonds is 6. The first kappa shape index (κ1) is 19.8. The molecular weight excluding hydrogens is 375 g/mol. The SMILES string of the molecule is COc1cccc(CC2(O)CC3CN(CC(=O)c4ccc(O)c(F)n4)CC3C2)c1. The van der Waals surface area contributed by atoms with Crippen LogP contribution in [0.2, 0.25) is 0 Å². The van der Waals surface area contributed by atoms with Crippen molar-refractivity contribution in [1.29, 1.82) is 0 Å². The van der Waals surface area contributed by atoms with Crippen LogP contribution in [0, 0.1) is 17.8 Å². The number of hydrogen-bond acceptors (Lipinski definition) is 6. The van der Waals surface area contributed by atoms with E-state index < -0.39 is 17.3 Å². The first-order chi connectivity index (χ1) is 13.8. The fraction of sp³-hybridized carbons (Fsp3) is 0.455. The molecule has 1 saturated carbocycles. The molecule has 4 rings (SSSR count). The highest BCUT2D eigenvalue weighted by Crippen LogP contribution is 2.45. The van der Waals surface area contributed by atoms with Crippen molar-refractivity contribution >= 4 is 5.78 Å². The van der Waals surface area contributed by atoms with Gasteiger partial charge < -0.3 is 14.9 Å². The Kier molecular flexibility index (Phi) is 5.27. The Hall–Kier alpha value is -2.51. The summed E-state index contributed by atoms with van der Waals surface area (Å²) in [4.78, 5) is 18.0. The quantitative estimate of drug-likeness (QED) is 0.573. The van der Waals surface area contributed by atoms with Gasteiger partial charge in [0.15, 0.2) is 11.5 Å². The number of aliphatic hydroxyl groups is 1. The zero-order valence-corrected chi connectivity index (χ0v) is 16.3. The van der Waals surface area contributed by atoms with Crippen LogP contribution in [0.5, 0.6) is 11.5 Å². The third-order valence-electron chi connectivity index (χ3n) is 6.09. The molecule has 29 heavy (non-hydrogen) atoms. The zero-order valence-electron chi connectivity index (χ0n) is 16.3. The number of Topliss-reactive ketones (excluding diaryl/α,β-unsaturated/α-hetero) is 1. The van der Waals surface area contributed by atoms with Crippen molar-refractivity contribution in [2.24, 2.45) is 11.8 Å². The third kappa shape index (κ3) is 4.26. The monoisotopic (exact) mass is 400 g/mol. The van der Waals surface area contributed by atoms with E-state index in [9.17, 15) is 19.4 Å². The number of ether oxygens (including phenoxy) is 1. The number of methoxy groups -OCH3 is 1. The van der Waals surface area contributed by atoms with Gasteiger partial charge in [0.05, 0.1) is 19.3 Å². The van der Waals surface area contributed by atoms with Crippen molar-refractivity contribution in [1.82, 2.24) is 9.88 Å². The Labute approximate surface area is 168 Å². The molecule has 0 amide bonds. The van der Waals surface area contributed by atoms with Crippen LogP contribution in [0.1, 0.15) is 28.9 Å². The molecule has 6 nitrogen and oxygen atoms in total. The molecule has 2 aromatic rings. The lowest BCUT2D eigenvalue weighted by molar-refractivity contribution is 0.0355. The predicted molar refractivity (Wildman–Crippen MR) is 104 cm³/mol. The van der Waals surface area contributed by atoms with Gasteiger partial charge in [0, 0.05) is 19.5 Å². The van der Waals surface area contributed by atoms with Crippen LogP contribution in [0.25, 0.3) is 0 Å². The molecule has 7 heteroatoms. The lowest BCUT2D eigenvalue weighted by Crippen LogP contribution is -2.34. The molecule has 2 unspecified atom stereocenters. The standard InChI is InChI=1S/C22H25FN2O4/c1-29-17-4-2-3-14(7-17)8-22(28)9-15-11-25(12-16(15)10-22)13-20(27)18-5-6-19(26)21(23)24-18/h2-7,15-16,26,28H,8-13H2,1H3. The minimum Gasteiger partial charge on any atom is -0.504 e. The smallest absolute Gasteiger partial charge is 0.255 e. The molecule has 1 aromatic heterocycles. The molecular formula is C22H25FN2O4. The lowest BCUT2D eigenvalue weighted by atomic mass is 9.91. The van der Waals surface area contributed by atoms with Gasteiger partial charge in [-0.2, -0.15) is 4.39 Å². The van der Waals surface area contributed by atoms with Gasteiger partial charge in [0.1, 0.15) is 11.4 Å². The number of ketones is 1. The first-order valence-electron chi connectivity index (χ1n) is 9.81. The van der Waals surface area contributed by atoms with Crippen molar-refractivity contribution in [3.8, 4) is 11.5 Å². The molecule has 1 saturated heterocycles. The highest BCUT2D eigenvalue weighted by Gasteiger charge is 2.48. The minimum absolute atomic E-state index is 0.0203. The van der Waals surface area contributed by atoms with Crippen molar-refractivity contribution in [2.45, 2.75) is 24.9 Å². The molecule has 0 radical (unpaired) electrons. The average Bonchev–Trinajstić information content (AvgIpc) is 3.17. The number of aromatic nitrogens is 1. The number of hydrogen-bond donors (Lipinski definition) is 2. The largest absolute Gasteiger partial charge is 0.504 e. The maximum absolute atomic E-state index is 13.4. The Bertz CT molecular complexity index is 905. The van der Waals surface area contributed by atoms with E-state index in [2.05, 4.69) is 9.88 Å². The molecule has 2 N–H and O–H groups in total. The van der Waals surface area contributed by atoms with Crippen LogP contribution in [0.15, 0.2) is 36.4 Å². The fourth-order valence-electron chi connectivity index (χ4n) is 4.86. The van der Waals surface area contributed by atoms with Gasteiger partial charge in [-0.05, 0) is 54.5 Å². The van der Waals surface area contributed by atoms with Gasteiger partial charge >= 0.3 is 0 Å². The van der Waals surface area contributed by atoms with E-state index >= 15 is 0 Å². The van der Waals surface area contributed by atoms with E-state index in [0.717, 1.165) is 30.5 Å². The van der Waals surface area contributed by atoms with E-state index in [4.69, 9.17) is 4.74 Å². The average molecular weight is 400 g/mol. The summed E-state index contributed by atoms with van der Waals surface area (Å²) in [5.74, 6) is -0.404. The number of aromatic hydroxyl groups is 1. The maximum atomic E-state index is 13.4. The number of halogens is 1. The molecule has 1 aromatic carbocycles. The topological polar surface area (TPSA) is 82.9 Å². The van der Waals surface area contributed by atoms with Crippen LogP contribution in [0.4, 0.5) is 4.39 Å². The summed E-state index contributed by atoms with van der Waals surface area (Å²) in [6, 6.07) is 10.3. The highest BCUT2D eigenvalue weighted by molar-refractivity contribution is 5.95. The Balaban J connectivity index is 1.34. The Morgan fingerprint density at radius 2 is 2.00 bits per heavy atom. The number of pyridine rings is 1. The minimum atomic E-state index is -1.03. The normalized spacial score (nSPS) is 26.4. The van der Waals surface area contributed by atoms with Crippen LogP contribution >= 0.6 is 0 Å². The van der Waals surface area contributed by atoms with Crippen molar-refractivity contribution in [2.75, 3.05) is 26.7 Å². The molecule has 2 heterocycles. The van der Waals surface area contributed by atoms with Gasteiger partial charge in [-0.25, -0.2) is 4.98 Å². The summed E-state index contributed by atoms with van der Waals surface area (Å²) in [6.07, 6.45) is 1.99. The second kappa shape index (κ2) is 7.72. The Morgan fingerprint density at radius 3 is 2.66 bits per heavy atom. The highest BCUT2D eigenvalue weighted by atomic mass is 19.1. The van der Waals surface area contributed by atoms with Crippen molar-refractivity contribution < 1.29 is 24.1 Å². The second-order valence-corrected chi connectivity index (χ2v) is 8.30. The third-order valence-corrected chi connectivity index (χ3v) is 6.09. The fourth-order valence-corrected chi connectivity index (χ4v) is 4.86. The molecule has 154 valence electrons. The summed E-state index contributed by atoms with van der Waals surface area (Å²) in [5, 5.41) is 20.3. The van der Waals surface area contributed by atoms with Crippen LogP contribution < -0.4 is 4.74 Å². The van der Waals surface area contributed by atoms with Gasteiger partial charge in [-0.1, -0.05) is 12.1 Å². The van der Waals surface area contributed by atoms with Gasteiger partial charge in [0.25, 0.3) is 5.95 Å². The Morgan fingerprint density at radius 1 is 1.28 bits per heavy atom. The number of carbonyl (C=O) groups excluding carboxylic acids is 1. The summed E-state index contributed by atoms with van der Waals surface area (Å²) in [6.45, 7) is 1.63. The van der Waals surface area contributed by atoms with Crippen molar-refractivity contribution in [3.63, 3.8) is 0 Å². The van der Waals surface area contributed by atoms with Crippen LogP contribution in [-0.2, 0) is 6.42 Å². The summed E-state index contributed by atoms with van der Waals surface area (Å²) in [5.41, 5.74) is 0.338. The van der Waals surface area contributed by atoms with Crippen LogP contribution in [-0.4, -0.2) is 58.2 Å². The first-order valence-corrected chi connectivity index (χ1v) is 9.81. The number of benzene rings is 1. The summed E-state index contributed by atoms with van der Waals surface area (Å²) < 4.78 is 18.7. The number of nitrogens with zero attached hydrogens (tertiary/aromatic N) is 2. The lowest BCUT2D eigenvalue weighted by Gasteiger charge is -2.26. The second-order valence-electron chi connectivity index (χ2n) is 8.30. The van der Waals surface area contributed by atoms with Crippen LogP contribution in [0.3, 0.4) is 0 Å².